The zero-order valence-electron chi connectivity index (χ0n) is 15.1. The number of piperidine rings is 1. The van der Waals surface area contributed by atoms with Crippen molar-refractivity contribution in [2.24, 2.45) is 0 Å². The molecule has 27 heavy (non-hydrogen) atoms. The summed E-state index contributed by atoms with van der Waals surface area (Å²) in [6.45, 7) is 0.536. The predicted octanol–water partition coefficient (Wildman–Crippen LogP) is 2.88. The number of carbonyl (C=O) groups is 3. The van der Waals surface area contributed by atoms with Gasteiger partial charge in [0.15, 0.2) is 0 Å². The highest BCUT2D eigenvalue weighted by atomic mass is 16.5. The number of para-hydroxylation sites is 1. The van der Waals surface area contributed by atoms with Crippen LogP contribution < -0.4 is 9.64 Å². The third-order valence-electron chi connectivity index (χ3n) is 5.18. The molecule has 1 fully saturated rings. The summed E-state index contributed by atoms with van der Waals surface area (Å²) in [4.78, 5) is 42.4. The molecule has 6 heteroatoms. The highest BCUT2D eigenvalue weighted by Gasteiger charge is 2.42. The van der Waals surface area contributed by atoms with E-state index >= 15 is 0 Å². The Morgan fingerprint density at radius 2 is 1.78 bits per heavy atom. The fourth-order valence-electron chi connectivity index (χ4n) is 3.78. The lowest BCUT2D eigenvalue weighted by Crippen LogP contribution is -2.52. The minimum absolute atomic E-state index is 0.186. The van der Waals surface area contributed by atoms with Gasteiger partial charge in [-0.25, -0.2) is 4.90 Å². The van der Waals surface area contributed by atoms with Crippen LogP contribution in [-0.4, -0.2) is 42.3 Å². The van der Waals surface area contributed by atoms with Crippen molar-refractivity contribution in [1.82, 2.24) is 4.90 Å². The number of hydrogen-bond donors (Lipinski definition) is 0. The summed E-state index contributed by atoms with van der Waals surface area (Å²) in [7, 11) is 1.55. The lowest BCUT2D eigenvalue weighted by atomic mass is 10.0. The average Bonchev–Trinajstić information content (AvgIpc) is 2.82. The van der Waals surface area contributed by atoms with Crippen LogP contribution in [0.4, 0.5) is 5.69 Å². The summed E-state index contributed by atoms with van der Waals surface area (Å²) >= 11 is 0. The van der Waals surface area contributed by atoms with E-state index in [1.807, 2.05) is 0 Å². The molecule has 0 radical (unpaired) electrons. The van der Waals surface area contributed by atoms with Gasteiger partial charge in [-0.2, -0.15) is 0 Å². The Bertz CT molecular complexity index is 907. The van der Waals surface area contributed by atoms with Crippen LogP contribution in [-0.2, 0) is 4.79 Å². The Hall–Kier alpha value is -3.15. The van der Waals surface area contributed by atoms with E-state index in [-0.39, 0.29) is 11.8 Å². The van der Waals surface area contributed by atoms with Gasteiger partial charge in [0.1, 0.15) is 11.8 Å². The van der Waals surface area contributed by atoms with Crippen molar-refractivity contribution < 1.29 is 19.1 Å². The number of imide groups is 1. The molecule has 0 saturated carbocycles. The molecule has 1 saturated heterocycles. The average molecular weight is 364 g/mol. The number of methoxy groups -OCH3 is 1. The normalized spacial score (nSPS) is 19.2. The van der Waals surface area contributed by atoms with Crippen molar-refractivity contribution in [3.8, 4) is 5.75 Å². The van der Waals surface area contributed by atoms with Crippen LogP contribution >= 0.6 is 0 Å². The number of nitrogens with zero attached hydrogens (tertiary/aromatic N) is 2. The molecule has 2 aliphatic heterocycles. The van der Waals surface area contributed by atoms with Crippen LogP contribution in [0.25, 0.3) is 0 Å². The Labute approximate surface area is 157 Å². The number of ether oxygens (including phenoxy) is 1. The summed E-state index contributed by atoms with van der Waals surface area (Å²) in [5.41, 5.74) is 1.11. The van der Waals surface area contributed by atoms with Gasteiger partial charge >= 0.3 is 0 Å². The number of benzene rings is 2. The maximum atomic E-state index is 13.3. The first-order chi connectivity index (χ1) is 13.1. The summed E-state index contributed by atoms with van der Waals surface area (Å²) in [5, 5.41) is 0. The van der Waals surface area contributed by atoms with Crippen molar-refractivity contribution in [1.29, 1.82) is 0 Å². The quantitative estimate of drug-likeness (QED) is 0.769. The molecule has 4 rings (SSSR count). The number of carbonyl (C=O) groups excluding carboxylic acids is 3. The second-order valence-corrected chi connectivity index (χ2v) is 6.73. The second kappa shape index (κ2) is 6.87. The summed E-state index contributed by atoms with van der Waals surface area (Å²) < 4.78 is 5.13. The van der Waals surface area contributed by atoms with E-state index in [1.165, 1.54) is 4.90 Å². The third kappa shape index (κ3) is 2.87. The molecule has 0 aromatic heterocycles. The minimum atomic E-state index is -0.596. The molecule has 0 unspecified atom stereocenters. The molecule has 1 atom stereocenters. The Morgan fingerprint density at radius 3 is 2.52 bits per heavy atom. The number of fused-ring (bicyclic) bond motifs is 2. The van der Waals surface area contributed by atoms with Crippen LogP contribution in [0.15, 0.2) is 48.5 Å². The van der Waals surface area contributed by atoms with Gasteiger partial charge in [-0.05, 0) is 55.7 Å². The van der Waals surface area contributed by atoms with Crippen LogP contribution in [0.1, 0.15) is 40.0 Å². The lowest BCUT2D eigenvalue weighted by Gasteiger charge is -2.34. The zero-order valence-corrected chi connectivity index (χ0v) is 15.1. The molecule has 2 aliphatic rings. The van der Waals surface area contributed by atoms with E-state index in [0.717, 1.165) is 12.8 Å². The molecule has 138 valence electrons. The van der Waals surface area contributed by atoms with Crippen LogP contribution in [0, 0.1) is 0 Å². The standard InChI is InChI=1S/C21H20N2O4/c1-27-15-11-9-14(10-12-15)19(24)23-17-7-3-2-6-16(17)20(25)22-13-5-4-8-18(22)21(23)26/h2-3,6-7,9-12,18H,4-5,8,13H2,1H3/t18-/m1/s1. The number of anilines is 1. The van der Waals surface area contributed by atoms with Gasteiger partial charge in [0.25, 0.3) is 17.7 Å². The summed E-state index contributed by atoms with van der Waals surface area (Å²) in [6, 6.07) is 12.8. The summed E-state index contributed by atoms with van der Waals surface area (Å²) in [6.07, 6.45) is 2.30. The maximum Gasteiger partial charge on any atom is 0.265 e. The van der Waals surface area contributed by atoms with Gasteiger partial charge in [0, 0.05) is 12.1 Å². The van der Waals surface area contributed by atoms with E-state index in [2.05, 4.69) is 0 Å². The monoisotopic (exact) mass is 364 g/mol. The van der Waals surface area contributed by atoms with E-state index in [4.69, 9.17) is 4.74 Å². The Kier molecular flexibility index (Phi) is 4.39. The predicted molar refractivity (Wildman–Crippen MR) is 99.9 cm³/mol. The summed E-state index contributed by atoms with van der Waals surface area (Å²) in [5.74, 6) is -0.333. The molecular formula is C21H20N2O4. The smallest absolute Gasteiger partial charge is 0.265 e. The van der Waals surface area contributed by atoms with E-state index < -0.39 is 11.9 Å². The van der Waals surface area contributed by atoms with Gasteiger partial charge in [-0.15, -0.1) is 0 Å². The SMILES string of the molecule is COc1ccc(C(=O)N2C(=O)[C@H]3CCCCN3C(=O)c3ccccc32)cc1. The van der Waals surface area contributed by atoms with Crippen molar-refractivity contribution in [3.63, 3.8) is 0 Å². The Balaban J connectivity index is 1.81. The fraction of sp³-hybridized carbons (Fsp3) is 0.286. The minimum Gasteiger partial charge on any atom is -0.497 e. The molecule has 3 amide bonds. The molecular weight excluding hydrogens is 344 g/mol. The van der Waals surface area contributed by atoms with Gasteiger partial charge in [-0.1, -0.05) is 12.1 Å². The van der Waals surface area contributed by atoms with Crippen molar-refractivity contribution in [3.05, 3.63) is 59.7 Å². The van der Waals surface area contributed by atoms with Crippen LogP contribution in [0.5, 0.6) is 5.75 Å². The number of amides is 3. The van der Waals surface area contributed by atoms with Gasteiger partial charge in [0.05, 0.1) is 18.4 Å². The zero-order chi connectivity index (χ0) is 19.0. The molecule has 2 aromatic rings. The van der Waals surface area contributed by atoms with E-state index in [0.29, 0.717) is 35.5 Å². The topological polar surface area (TPSA) is 66.9 Å². The molecule has 0 spiro atoms. The molecule has 2 aromatic carbocycles. The second-order valence-electron chi connectivity index (χ2n) is 6.73. The maximum absolute atomic E-state index is 13.3. The van der Waals surface area contributed by atoms with Gasteiger partial charge < -0.3 is 9.64 Å². The van der Waals surface area contributed by atoms with Crippen molar-refractivity contribution >= 4 is 23.4 Å². The van der Waals surface area contributed by atoms with Gasteiger partial charge in [-0.3, -0.25) is 14.4 Å². The lowest BCUT2D eigenvalue weighted by molar-refractivity contribution is -0.123. The highest BCUT2D eigenvalue weighted by Crippen LogP contribution is 2.33. The molecule has 2 heterocycles. The largest absolute Gasteiger partial charge is 0.497 e. The van der Waals surface area contributed by atoms with Crippen LogP contribution in [0.2, 0.25) is 0 Å². The van der Waals surface area contributed by atoms with E-state index in [1.54, 1.807) is 60.5 Å². The van der Waals surface area contributed by atoms with E-state index in [9.17, 15) is 14.4 Å². The fourth-order valence-corrected chi connectivity index (χ4v) is 3.78. The van der Waals surface area contributed by atoms with Gasteiger partial charge in [0.2, 0.25) is 0 Å². The first-order valence-corrected chi connectivity index (χ1v) is 9.04. The number of rotatable bonds is 2. The molecule has 6 nitrogen and oxygen atoms in total. The highest BCUT2D eigenvalue weighted by molar-refractivity contribution is 6.26. The molecule has 0 aliphatic carbocycles. The Morgan fingerprint density at radius 1 is 1.04 bits per heavy atom. The van der Waals surface area contributed by atoms with Crippen molar-refractivity contribution in [2.75, 3.05) is 18.6 Å². The first-order valence-electron chi connectivity index (χ1n) is 9.04. The molecule has 0 bridgehead atoms. The molecule has 0 N–H and O–H groups in total. The number of hydrogen-bond acceptors (Lipinski definition) is 4. The first kappa shape index (κ1) is 17.3. The van der Waals surface area contributed by atoms with Crippen LogP contribution in [0.3, 0.4) is 0 Å². The van der Waals surface area contributed by atoms with Crippen molar-refractivity contribution in [2.45, 2.75) is 25.3 Å². The third-order valence-corrected chi connectivity index (χ3v) is 5.18.